The maximum Gasteiger partial charge on any atom is 0.303 e. The van der Waals surface area contributed by atoms with Crippen LogP contribution in [0.15, 0.2) is 36.1 Å². The van der Waals surface area contributed by atoms with Crippen LogP contribution in [0.4, 0.5) is 0 Å². The van der Waals surface area contributed by atoms with Crippen molar-refractivity contribution in [3.05, 3.63) is 46.2 Å². The van der Waals surface area contributed by atoms with Gasteiger partial charge in [0.15, 0.2) is 0 Å². The Bertz CT molecular complexity index is 425. The molecule has 130 valence electrons. The van der Waals surface area contributed by atoms with Crippen molar-refractivity contribution < 1.29 is 14.8 Å². The molecule has 5 heteroatoms. The second-order valence-electron chi connectivity index (χ2n) is 5.52. The van der Waals surface area contributed by atoms with Gasteiger partial charge in [0.05, 0.1) is 4.92 Å². The summed E-state index contributed by atoms with van der Waals surface area (Å²) in [4.78, 5) is 20.8. The van der Waals surface area contributed by atoms with E-state index in [0.29, 0.717) is 0 Å². The van der Waals surface area contributed by atoms with Crippen molar-refractivity contribution in [2.24, 2.45) is 0 Å². The highest BCUT2D eigenvalue weighted by Crippen LogP contribution is 2.08. The Balaban J connectivity index is 3.79. The van der Waals surface area contributed by atoms with Crippen molar-refractivity contribution in [3.63, 3.8) is 0 Å². The zero-order chi connectivity index (χ0) is 17.3. The Labute approximate surface area is 138 Å². The van der Waals surface area contributed by atoms with E-state index < -0.39 is 5.97 Å². The van der Waals surface area contributed by atoms with Crippen LogP contribution >= 0.6 is 0 Å². The quantitative estimate of drug-likeness (QED) is 0.204. The fourth-order valence-corrected chi connectivity index (χ4v) is 2.06. The first-order valence-corrected chi connectivity index (χ1v) is 8.47. The predicted octanol–water partition coefficient (Wildman–Crippen LogP) is 5.26. The van der Waals surface area contributed by atoms with Crippen LogP contribution in [0.5, 0.6) is 0 Å². The van der Waals surface area contributed by atoms with Crippen LogP contribution in [-0.4, -0.2) is 16.0 Å². The van der Waals surface area contributed by atoms with E-state index in [-0.39, 0.29) is 17.0 Å². The molecule has 0 saturated heterocycles. The first kappa shape index (κ1) is 21.1. The molecule has 0 fully saturated rings. The lowest BCUT2D eigenvalue weighted by atomic mass is 10.1. The second-order valence-corrected chi connectivity index (χ2v) is 5.52. The van der Waals surface area contributed by atoms with Crippen molar-refractivity contribution >= 4 is 5.97 Å². The Morgan fingerprint density at radius 3 is 2.39 bits per heavy atom. The van der Waals surface area contributed by atoms with Gasteiger partial charge < -0.3 is 5.11 Å². The SMILES string of the molecule is CCCCC=C(C=CC=CCCCCCCCC(=O)O)[N+](=O)[O-]. The average Bonchev–Trinajstić information content (AvgIpc) is 2.50. The summed E-state index contributed by atoms with van der Waals surface area (Å²) < 4.78 is 0. The van der Waals surface area contributed by atoms with Gasteiger partial charge in [-0.1, -0.05) is 50.8 Å². The number of carboxylic acid groups (broad SMARTS) is 1. The van der Waals surface area contributed by atoms with Gasteiger partial charge in [0, 0.05) is 12.5 Å². The van der Waals surface area contributed by atoms with E-state index in [0.717, 1.165) is 57.8 Å². The molecule has 0 spiro atoms. The molecule has 0 saturated carbocycles. The van der Waals surface area contributed by atoms with Gasteiger partial charge in [0.25, 0.3) is 5.70 Å². The molecule has 0 aromatic heterocycles. The summed E-state index contributed by atoms with van der Waals surface area (Å²) in [6, 6.07) is 0. The van der Waals surface area contributed by atoms with Crippen LogP contribution in [0.2, 0.25) is 0 Å². The number of carboxylic acids is 1. The van der Waals surface area contributed by atoms with E-state index in [1.165, 1.54) is 6.08 Å². The van der Waals surface area contributed by atoms with Crippen LogP contribution < -0.4 is 0 Å². The minimum Gasteiger partial charge on any atom is -0.481 e. The Morgan fingerprint density at radius 1 is 1.04 bits per heavy atom. The number of rotatable bonds is 14. The number of carbonyl (C=O) groups is 1. The topological polar surface area (TPSA) is 80.4 Å². The van der Waals surface area contributed by atoms with Gasteiger partial charge in [-0.2, -0.15) is 0 Å². The molecule has 0 rings (SSSR count). The van der Waals surface area contributed by atoms with Gasteiger partial charge in [0.2, 0.25) is 0 Å². The average molecular weight is 323 g/mol. The molecule has 0 radical (unpaired) electrons. The molecular formula is C18H29NO4. The maximum atomic E-state index is 10.9. The number of aliphatic carboxylic acids is 1. The van der Waals surface area contributed by atoms with Gasteiger partial charge >= 0.3 is 5.97 Å². The van der Waals surface area contributed by atoms with Crippen molar-refractivity contribution in [2.75, 3.05) is 0 Å². The molecule has 0 amide bonds. The highest BCUT2D eigenvalue weighted by molar-refractivity contribution is 5.66. The van der Waals surface area contributed by atoms with E-state index in [9.17, 15) is 14.9 Å². The Morgan fingerprint density at radius 2 is 1.74 bits per heavy atom. The van der Waals surface area contributed by atoms with Gasteiger partial charge in [-0.15, -0.1) is 0 Å². The molecule has 0 heterocycles. The van der Waals surface area contributed by atoms with Gasteiger partial charge in [-0.3, -0.25) is 14.9 Å². The van der Waals surface area contributed by atoms with Crippen molar-refractivity contribution in [2.45, 2.75) is 71.1 Å². The lowest BCUT2D eigenvalue weighted by molar-refractivity contribution is -0.419. The zero-order valence-corrected chi connectivity index (χ0v) is 14.1. The van der Waals surface area contributed by atoms with Crippen LogP contribution in [0.25, 0.3) is 0 Å². The summed E-state index contributed by atoms with van der Waals surface area (Å²) in [6.45, 7) is 2.06. The lowest BCUT2D eigenvalue weighted by Gasteiger charge is -1.97. The van der Waals surface area contributed by atoms with Gasteiger partial charge in [-0.25, -0.2) is 0 Å². The Kier molecular flexibility index (Phi) is 13.8. The number of nitrogens with zero attached hydrogens (tertiary/aromatic N) is 1. The normalized spacial score (nSPS) is 12.3. The van der Waals surface area contributed by atoms with Crippen molar-refractivity contribution in [3.8, 4) is 0 Å². The van der Waals surface area contributed by atoms with Crippen LogP contribution in [-0.2, 0) is 4.79 Å². The largest absolute Gasteiger partial charge is 0.481 e. The molecule has 0 atom stereocenters. The summed E-state index contributed by atoms with van der Waals surface area (Å²) in [7, 11) is 0. The minimum absolute atomic E-state index is 0.154. The Hall–Kier alpha value is -1.91. The zero-order valence-electron chi connectivity index (χ0n) is 14.1. The molecule has 0 aliphatic heterocycles. The van der Waals surface area contributed by atoms with Crippen LogP contribution in [0.3, 0.4) is 0 Å². The molecule has 0 bridgehead atoms. The third-order valence-electron chi connectivity index (χ3n) is 3.40. The maximum absolute atomic E-state index is 10.9. The molecule has 0 unspecified atom stereocenters. The predicted molar refractivity (Wildman–Crippen MR) is 92.8 cm³/mol. The molecule has 0 aliphatic rings. The summed E-state index contributed by atoms with van der Waals surface area (Å²) in [5, 5.41) is 19.4. The third kappa shape index (κ3) is 14.8. The van der Waals surface area contributed by atoms with E-state index in [2.05, 4.69) is 6.92 Å². The fourth-order valence-electron chi connectivity index (χ4n) is 2.06. The monoisotopic (exact) mass is 323 g/mol. The van der Waals surface area contributed by atoms with Crippen LogP contribution in [0.1, 0.15) is 71.1 Å². The van der Waals surface area contributed by atoms with E-state index in [1.54, 1.807) is 12.2 Å². The van der Waals surface area contributed by atoms with Gasteiger partial charge in [0.1, 0.15) is 0 Å². The minimum atomic E-state index is -0.724. The van der Waals surface area contributed by atoms with Gasteiger partial charge in [-0.05, 0) is 38.2 Å². The molecule has 1 N–H and O–H groups in total. The molecule has 23 heavy (non-hydrogen) atoms. The summed E-state index contributed by atoms with van der Waals surface area (Å²) >= 11 is 0. The fraction of sp³-hybridized carbons (Fsp3) is 0.611. The van der Waals surface area contributed by atoms with E-state index >= 15 is 0 Å². The number of hydrogen-bond donors (Lipinski definition) is 1. The van der Waals surface area contributed by atoms with Crippen molar-refractivity contribution in [1.29, 1.82) is 0 Å². The molecule has 5 nitrogen and oxygen atoms in total. The number of hydrogen-bond acceptors (Lipinski definition) is 3. The number of unbranched alkanes of at least 4 members (excludes halogenated alkanes) is 7. The standard InChI is InChI=1S/C18H29NO4/c1-2-3-11-14-17(19(22)23)15-12-9-7-5-4-6-8-10-13-16-18(20)21/h7,9,12,14-15H,2-6,8,10-11,13,16H2,1H3,(H,20,21). The molecule has 0 aromatic rings. The molecular weight excluding hydrogens is 294 g/mol. The smallest absolute Gasteiger partial charge is 0.303 e. The van der Waals surface area contributed by atoms with Crippen molar-refractivity contribution in [1.82, 2.24) is 0 Å². The van der Waals surface area contributed by atoms with E-state index in [4.69, 9.17) is 5.11 Å². The third-order valence-corrected chi connectivity index (χ3v) is 3.40. The summed E-state index contributed by atoms with van der Waals surface area (Å²) in [5.41, 5.74) is 0.154. The highest BCUT2D eigenvalue weighted by atomic mass is 16.6. The second kappa shape index (κ2) is 15.0. The lowest BCUT2D eigenvalue weighted by Crippen LogP contribution is -1.95. The first-order valence-electron chi connectivity index (χ1n) is 8.47. The molecule has 0 aliphatic carbocycles. The number of allylic oxidation sites excluding steroid dienone is 5. The van der Waals surface area contributed by atoms with Crippen LogP contribution in [0, 0.1) is 10.1 Å². The van der Waals surface area contributed by atoms with E-state index in [1.807, 2.05) is 12.2 Å². The molecule has 0 aromatic carbocycles. The summed E-state index contributed by atoms with van der Waals surface area (Å²) in [6.07, 6.45) is 17.6. The summed E-state index contributed by atoms with van der Waals surface area (Å²) in [5.74, 6) is -0.724. The highest BCUT2D eigenvalue weighted by Gasteiger charge is 2.03. The number of nitro groups is 1. The first-order chi connectivity index (χ1) is 11.1.